The first-order valence-electron chi connectivity index (χ1n) is 6.30. The van der Waals surface area contributed by atoms with Crippen LogP contribution in [-0.2, 0) is 11.2 Å². The normalized spacial score (nSPS) is 19.8. The van der Waals surface area contributed by atoms with Crippen molar-refractivity contribution in [1.29, 1.82) is 0 Å². The molecule has 1 unspecified atom stereocenters. The lowest BCUT2D eigenvalue weighted by Crippen LogP contribution is -2.28. The van der Waals surface area contributed by atoms with Crippen LogP contribution in [0.4, 0.5) is 0 Å². The summed E-state index contributed by atoms with van der Waals surface area (Å²) in [6, 6.07) is 8.49. The fourth-order valence-corrected chi connectivity index (χ4v) is 3.08. The van der Waals surface area contributed by atoms with Crippen molar-refractivity contribution in [1.82, 2.24) is 0 Å². The van der Waals surface area contributed by atoms with Crippen LogP contribution in [0.15, 0.2) is 24.3 Å². The molecular weight excluding hydrogens is 212 g/mol. The molecule has 1 N–H and O–H groups in total. The third-order valence-corrected chi connectivity index (χ3v) is 3.92. The highest BCUT2D eigenvalue weighted by Crippen LogP contribution is 2.45. The first-order chi connectivity index (χ1) is 8.00. The van der Waals surface area contributed by atoms with Crippen LogP contribution >= 0.6 is 0 Å². The van der Waals surface area contributed by atoms with Gasteiger partial charge in [-0.25, -0.2) is 0 Å². The van der Waals surface area contributed by atoms with Crippen LogP contribution < -0.4 is 0 Å². The van der Waals surface area contributed by atoms with E-state index in [9.17, 15) is 4.79 Å². The predicted octanol–water partition coefficient (Wildman–Crippen LogP) is 3.61. The summed E-state index contributed by atoms with van der Waals surface area (Å²) < 4.78 is 0. The van der Waals surface area contributed by atoms with E-state index in [1.807, 2.05) is 0 Å². The number of rotatable bonds is 3. The van der Waals surface area contributed by atoms with E-state index in [-0.39, 0.29) is 11.8 Å². The zero-order valence-corrected chi connectivity index (χ0v) is 10.6. The zero-order valence-electron chi connectivity index (χ0n) is 10.6. The van der Waals surface area contributed by atoms with Gasteiger partial charge >= 0.3 is 5.97 Å². The van der Waals surface area contributed by atoms with E-state index in [4.69, 9.17) is 5.11 Å². The highest BCUT2D eigenvalue weighted by molar-refractivity contribution is 5.67. The Morgan fingerprint density at radius 3 is 2.82 bits per heavy atom. The highest BCUT2D eigenvalue weighted by Gasteiger charge is 2.35. The van der Waals surface area contributed by atoms with Crippen LogP contribution in [0.5, 0.6) is 0 Å². The maximum absolute atomic E-state index is 11.0. The number of fused-ring (bicyclic) bond motifs is 1. The fraction of sp³-hybridized carbons (Fsp3) is 0.533. The Bertz CT molecular complexity index is 421. The minimum atomic E-state index is -0.696. The number of aliphatic carboxylic acids is 1. The molecule has 1 aliphatic carbocycles. The van der Waals surface area contributed by atoms with E-state index in [0.717, 1.165) is 12.8 Å². The van der Waals surface area contributed by atoms with E-state index in [1.54, 1.807) is 0 Å². The second-order valence-electron chi connectivity index (χ2n) is 5.70. The first-order valence-corrected chi connectivity index (χ1v) is 6.30. The van der Waals surface area contributed by atoms with Gasteiger partial charge in [0.15, 0.2) is 0 Å². The maximum Gasteiger partial charge on any atom is 0.303 e. The fourth-order valence-electron chi connectivity index (χ4n) is 3.08. The lowest BCUT2D eigenvalue weighted by atomic mass is 9.67. The molecule has 0 bridgehead atoms. The minimum absolute atomic E-state index is 0.164. The molecule has 92 valence electrons. The largest absolute Gasteiger partial charge is 0.481 e. The van der Waals surface area contributed by atoms with Crippen LogP contribution in [0, 0.1) is 5.41 Å². The number of carboxylic acid groups (broad SMARTS) is 1. The molecule has 0 amide bonds. The van der Waals surface area contributed by atoms with Gasteiger partial charge in [0.1, 0.15) is 0 Å². The average Bonchev–Trinajstić information content (AvgIpc) is 2.26. The Labute approximate surface area is 103 Å². The first kappa shape index (κ1) is 12.2. The van der Waals surface area contributed by atoms with Crippen molar-refractivity contribution in [3.63, 3.8) is 0 Å². The van der Waals surface area contributed by atoms with Gasteiger partial charge < -0.3 is 5.11 Å². The number of benzene rings is 1. The molecule has 1 aliphatic rings. The molecule has 1 atom stereocenters. The van der Waals surface area contributed by atoms with Gasteiger partial charge in [-0.3, -0.25) is 4.79 Å². The van der Waals surface area contributed by atoms with Crippen LogP contribution in [-0.4, -0.2) is 11.1 Å². The molecule has 2 heteroatoms. The summed E-state index contributed by atoms with van der Waals surface area (Å²) in [4.78, 5) is 11.0. The standard InChI is InChI=1S/C15H20O2/c1-15(2,10-14(16)17)13-9-5-7-11-6-3-4-8-12(11)13/h3-4,6,8,13H,5,7,9-10H2,1-2H3,(H,16,17). The van der Waals surface area contributed by atoms with Crippen molar-refractivity contribution in [3.8, 4) is 0 Å². The molecular formula is C15H20O2. The van der Waals surface area contributed by atoms with Crippen LogP contribution in [0.3, 0.4) is 0 Å². The van der Waals surface area contributed by atoms with E-state index in [0.29, 0.717) is 5.92 Å². The second kappa shape index (κ2) is 4.52. The highest BCUT2D eigenvalue weighted by atomic mass is 16.4. The van der Waals surface area contributed by atoms with Gasteiger partial charge in [-0.1, -0.05) is 38.1 Å². The lowest BCUT2D eigenvalue weighted by Gasteiger charge is -2.37. The molecule has 0 radical (unpaired) electrons. The Morgan fingerprint density at radius 2 is 2.12 bits per heavy atom. The number of hydrogen-bond acceptors (Lipinski definition) is 1. The predicted molar refractivity (Wildman–Crippen MR) is 68.2 cm³/mol. The summed E-state index contributed by atoms with van der Waals surface area (Å²) in [5.74, 6) is -0.318. The zero-order chi connectivity index (χ0) is 12.5. The molecule has 0 saturated heterocycles. The molecule has 0 fully saturated rings. The summed E-state index contributed by atoms with van der Waals surface area (Å²) in [5, 5.41) is 9.03. The average molecular weight is 232 g/mol. The van der Waals surface area contributed by atoms with Crippen molar-refractivity contribution in [3.05, 3.63) is 35.4 Å². The third-order valence-electron chi connectivity index (χ3n) is 3.92. The van der Waals surface area contributed by atoms with Crippen molar-refractivity contribution in [2.75, 3.05) is 0 Å². The Hall–Kier alpha value is -1.31. The van der Waals surface area contributed by atoms with Gasteiger partial charge in [0.05, 0.1) is 6.42 Å². The maximum atomic E-state index is 11.0. The van der Waals surface area contributed by atoms with Gasteiger partial charge in [0, 0.05) is 0 Å². The van der Waals surface area contributed by atoms with Crippen LogP contribution in [0.25, 0.3) is 0 Å². The minimum Gasteiger partial charge on any atom is -0.481 e. The molecule has 1 aromatic rings. The van der Waals surface area contributed by atoms with Crippen LogP contribution in [0.1, 0.15) is 50.2 Å². The monoisotopic (exact) mass is 232 g/mol. The van der Waals surface area contributed by atoms with Crippen molar-refractivity contribution in [2.24, 2.45) is 5.41 Å². The summed E-state index contributed by atoms with van der Waals surface area (Å²) in [6.45, 7) is 4.15. The third kappa shape index (κ3) is 2.51. The molecule has 0 spiro atoms. The molecule has 2 rings (SSSR count). The molecule has 17 heavy (non-hydrogen) atoms. The summed E-state index contributed by atoms with van der Waals surface area (Å²) in [7, 11) is 0. The van der Waals surface area contributed by atoms with Gasteiger partial charge in [-0.05, 0) is 41.7 Å². The number of carboxylic acids is 1. The van der Waals surface area contributed by atoms with Gasteiger partial charge in [-0.2, -0.15) is 0 Å². The summed E-state index contributed by atoms with van der Waals surface area (Å²) in [6.07, 6.45) is 3.66. The Kier molecular flexibility index (Phi) is 3.23. The molecule has 0 saturated carbocycles. The van der Waals surface area contributed by atoms with E-state index in [1.165, 1.54) is 17.5 Å². The van der Waals surface area contributed by atoms with E-state index >= 15 is 0 Å². The lowest BCUT2D eigenvalue weighted by molar-refractivity contribution is -0.139. The summed E-state index contributed by atoms with van der Waals surface area (Å²) >= 11 is 0. The number of aryl methyl sites for hydroxylation is 1. The SMILES string of the molecule is CC(C)(CC(=O)O)C1CCCc2ccccc21. The number of carbonyl (C=O) groups is 1. The van der Waals surface area contributed by atoms with Gasteiger partial charge in [0.25, 0.3) is 0 Å². The molecule has 1 aromatic carbocycles. The summed E-state index contributed by atoms with van der Waals surface area (Å²) in [5.41, 5.74) is 2.61. The Balaban J connectivity index is 2.32. The number of hydrogen-bond donors (Lipinski definition) is 1. The van der Waals surface area contributed by atoms with Crippen molar-refractivity contribution < 1.29 is 9.90 Å². The van der Waals surface area contributed by atoms with Crippen molar-refractivity contribution >= 4 is 5.97 Å². The smallest absolute Gasteiger partial charge is 0.303 e. The molecule has 0 heterocycles. The van der Waals surface area contributed by atoms with Crippen molar-refractivity contribution in [2.45, 2.75) is 45.4 Å². The quantitative estimate of drug-likeness (QED) is 0.864. The molecule has 2 nitrogen and oxygen atoms in total. The van der Waals surface area contributed by atoms with E-state index in [2.05, 4.69) is 38.1 Å². The van der Waals surface area contributed by atoms with Gasteiger partial charge in [0.2, 0.25) is 0 Å². The topological polar surface area (TPSA) is 37.3 Å². The van der Waals surface area contributed by atoms with Gasteiger partial charge in [-0.15, -0.1) is 0 Å². The van der Waals surface area contributed by atoms with Crippen LogP contribution in [0.2, 0.25) is 0 Å². The second-order valence-corrected chi connectivity index (χ2v) is 5.70. The molecule has 0 aromatic heterocycles. The molecule has 0 aliphatic heterocycles. The Morgan fingerprint density at radius 1 is 1.41 bits per heavy atom. The van der Waals surface area contributed by atoms with E-state index < -0.39 is 5.97 Å².